The first-order valence-corrected chi connectivity index (χ1v) is 5.56. The number of aromatic nitrogens is 1. The standard InChI is InChI=1S/C11H14ClNO4/c1-3-16-6-7(2)17-9-5-4-8(12)10(13-9)11(14)15/h4-5,7H,3,6H2,1-2H3,(H,14,15). The fourth-order valence-corrected chi connectivity index (χ4v) is 1.35. The van der Waals surface area contributed by atoms with Crippen molar-refractivity contribution in [3.63, 3.8) is 0 Å². The molecule has 6 heteroatoms. The number of carboxylic acid groups (broad SMARTS) is 1. The predicted octanol–water partition coefficient (Wildman–Crippen LogP) is 2.24. The molecular weight excluding hydrogens is 246 g/mol. The molecule has 17 heavy (non-hydrogen) atoms. The molecule has 0 aliphatic carbocycles. The van der Waals surface area contributed by atoms with E-state index >= 15 is 0 Å². The summed E-state index contributed by atoms with van der Waals surface area (Å²) in [5.41, 5.74) is -0.215. The topological polar surface area (TPSA) is 68.7 Å². The Balaban J connectivity index is 2.72. The Bertz CT molecular complexity index is 397. The molecule has 1 rings (SSSR count). The van der Waals surface area contributed by atoms with Gasteiger partial charge in [0, 0.05) is 12.7 Å². The third-order valence-electron chi connectivity index (χ3n) is 1.90. The van der Waals surface area contributed by atoms with Crippen molar-refractivity contribution in [3.05, 3.63) is 22.8 Å². The van der Waals surface area contributed by atoms with Crippen molar-refractivity contribution in [1.82, 2.24) is 4.98 Å². The van der Waals surface area contributed by atoms with Gasteiger partial charge in [0.05, 0.1) is 11.6 Å². The van der Waals surface area contributed by atoms with Crippen molar-refractivity contribution in [3.8, 4) is 5.88 Å². The van der Waals surface area contributed by atoms with Gasteiger partial charge in [0.25, 0.3) is 0 Å². The second-order valence-electron chi connectivity index (χ2n) is 3.37. The van der Waals surface area contributed by atoms with Gasteiger partial charge in [-0.25, -0.2) is 9.78 Å². The quantitative estimate of drug-likeness (QED) is 0.848. The molecule has 0 fully saturated rings. The minimum absolute atomic E-state index is 0.0855. The van der Waals surface area contributed by atoms with Gasteiger partial charge in [-0.3, -0.25) is 0 Å². The summed E-state index contributed by atoms with van der Waals surface area (Å²) in [5.74, 6) is -0.961. The molecule has 5 nitrogen and oxygen atoms in total. The smallest absolute Gasteiger partial charge is 0.356 e. The van der Waals surface area contributed by atoms with Crippen LogP contribution in [0.1, 0.15) is 24.3 Å². The molecule has 1 aromatic rings. The van der Waals surface area contributed by atoms with Gasteiger partial charge < -0.3 is 14.6 Å². The maximum atomic E-state index is 10.8. The second-order valence-corrected chi connectivity index (χ2v) is 3.78. The highest BCUT2D eigenvalue weighted by Crippen LogP contribution is 2.18. The lowest BCUT2D eigenvalue weighted by atomic mass is 10.3. The highest BCUT2D eigenvalue weighted by molar-refractivity contribution is 6.33. The third kappa shape index (κ3) is 4.20. The lowest BCUT2D eigenvalue weighted by molar-refractivity contribution is 0.0619. The number of carboxylic acids is 1. The van der Waals surface area contributed by atoms with E-state index in [9.17, 15) is 4.79 Å². The van der Waals surface area contributed by atoms with Crippen LogP contribution in [0.3, 0.4) is 0 Å². The number of pyridine rings is 1. The van der Waals surface area contributed by atoms with Crippen molar-refractivity contribution < 1.29 is 19.4 Å². The zero-order valence-corrected chi connectivity index (χ0v) is 10.4. The molecule has 0 spiro atoms. The molecule has 1 unspecified atom stereocenters. The van der Waals surface area contributed by atoms with Gasteiger partial charge in [-0.05, 0) is 19.9 Å². The number of hydrogen-bond donors (Lipinski definition) is 1. The molecule has 0 saturated carbocycles. The summed E-state index contributed by atoms with van der Waals surface area (Å²) in [7, 11) is 0. The molecule has 0 bridgehead atoms. The lowest BCUT2D eigenvalue weighted by Gasteiger charge is -2.13. The summed E-state index contributed by atoms with van der Waals surface area (Å²) in [5, 5.41) is 8.92. The summed E-state index contributed by atoms with van der Waals surface area (Å²) < 4.78 is 10.6. The van der Waals surface area contributed by atoms with Gasteiger partial charge in [-0.15, -0.1) is 0 Å². The Morgan fingerprint density at radius 1 is 1.59 bits per heavy atom. The Kier molecular flexibility index (Phi) is 5.18. The number of rotatable bonds is 6. The first-order chi connectivity index (χ1) is 8.04. The lowest BCUT2D eigenvalue weighted by Crippen LogP contribution is -2.20. The highest BCUT2D eigenvalue weighted by atomic mass is 35.5. The summed E-state index contributed by atoms with van der Waals surface area (Å²) in [4.78, 5) is 14.6. The third-order valence-corrected chi connectivity index (χ3v) is 2.21. The number of halogens is 1. The van der Waals surface area contributed by atoms with Crippen molar-refractivity contribution in [2.24, 2.45) is 0 Å². The van der Waals surface area contributed by atoms with E-state index in [1.807, 2.05) is 13.8 Å². The summed E-state index contributed by atoms with van der Waals surface area (Å²) >= 11 is 5.69. The summed E-state index contributed by atoms with van der Waals surface area (Å²) in [6.07, 6.45) is -0.203. The van der Waals surface area contributed by atoms with Gasteiger partial charge in [-0.1, -0.05) is 11.6 Å². The zero-order valence-electron chi connectivity index (χ0n) is 9.64. The number of nitrogens with zero attached hydrogens (tertiary/aromatic N) is 1. The molecule has 0 radical (unpaired) electrons. The molecule has 1 N–H and O–H groups in total. The molecule has 0 saturated heterocycles. The number of carbonyl (C=O) groups is 1. The second kappa shape index (κ2) is 6.42. The van der Waals surface area contributed by atoms with Crippen LogP contribution < -0.4 is 4.74 Å². The zero-order chi connectivity index (χ0) is 12.8. The monoisotopic (exact) mass is 259 g/mol. The van der Waals surface area contributed by atoms with Gasteiger partial charge in [0.1, 0.15) is 6.10 Å². The molecule has 0 aliphatic rings. The van der Waals surface area contributed by atoms with Crippen LogP contribution in [0.2, 0.25) is 5.02 Å². The fourth-order valence-electron chi connectivity index (χ4n) is 1.16. The normalized spacial score (nSPS) is 12.2. The van der Waals surface area contributed by atoms with Gasteiger partial charge in [0.15, 0.2) is 5.69 Å². The van der Waals surface area contributed by atoms with Crippen molar-refractivity contribution in [2.45, 2.75) is 20.0 Å². The van der Waals surface area contributed by atoms with Crippen molar-refractivity contribution in [1.29, 1.82) is 0 Å². The van der Waals surface area contributed by atoms with Crippen LogP contribution >= 0.6 is 11.6 Å². The molecule has 0 aromatic carbocycles. The molecule has 1 heterocycles. The average Bonchev–Trinajstić information content (AvgIpc) is 2.28. The van der Waals surface area contributed by atoms with E-state index in [2.05, 4.69) is 4.98 Å². The number of aromatic carboxylic acids is 1. The van der Waals surface area contributed by atoms with Gasteiger partial charge in [0.2, 0.25) is 5.88 Å². The molecule has 1 atom stereocenters. The van der Waals surface area contributed by atoms with E-state index in [-0.39, 0.29) is 22.7 Å². The van der Waals surface area contributed by atoms with Crippen LogP contribution in [0.5, 0.6) is 5.88 Å². The molecule has 0 aliphatic heterocycles. The largest absolute Gasteiger partial charge is 0.476 e. The predicted molar refractivity (Wildman–Crippen MR) is 62.8 cm³/mol. The van der Waals surface area contributed by atoms with Crippen LogP contribution in [0.15, 0.2) is 12.1 Å². The average molecular weight is 260 g/mol. The van der Waals surface area contributed by atoms with E-state index in [4.69, 9.17) is 26.2 Å². The SMILES string of the molecule is CCOCC(C)Oc1ccc(Cl)c(C(=O)O)n1. The Hall–Kier alpha value is -1.33. The van der Waals surface area contributed by atoms with Crippen molar-refractivity contribution in [2.75, 3.05) is 13.2 Å². The van der Waals surface area contributed by atoms with E-state index in [1.54, 1.807) is 0 Å². The van der Waals surface area contributed by atoms with E-state index in [0.717, 1.165) is 0 Å². The van der Waals surface area contributed by atoms with Gasteiger partial charge in [-0.2, -0.15) is 0 Å². The van der Waals surface area contributed by atoms with Crippen LogP contribution in [0.25, 0.3) is 0 Å². The maximum absolute atomic E-state index is 10.8. The van der Waals surface area contributed by atoms with Crippen molar-refractivity contribution >= 4 is 17.6 Å². The maximum Gasteiger partial charge on any atom is 0.356 e. The van der Waals surface area contributed by atoms with Crippen LogP contribution in [-0.2, 0) is 4.74 Å². The summed E-state index contributed by atoms with van der Waals surface area (Å²) in [6.45, 7) is 4.72. The number of hydrogen-bond acceptors (Lipinski definition) is 4. The molecule has 1 aromatic heterocycles. The minimum atomic E-state index is -1.18. The highest BCUT2D eigenvalue weighted by Gasteiger charge is 2.13. The first kappa shape index (κ1) is 13.7. The summed E-state index contributed by atoms with van der Waals surface area (Å²) in [6, 6.07) is 2.97. The van der Waals surface area contributed by atoms with E-state index in [1.165, 1.54) is 12.1 Å². The number of ether oxygens (including phenoxy) is 2. The van der Waals surface area contributed by atoms with E-state index in [0.29, 0.717) is 13.2 Å². The minimum Gasteiger partial charge on any atom is -0.476 e. The Morgan fingerprint density at radius 3 is 2.88 bits per heavy atom. The Morgan fingerprint density at radius 2 is 2.29 bits per heavy atom. The molecule has 94 valence electrons. The fraction of sp³-hybridized carbons (Fsp3) is 0.455. The van der Waals surface area contributed by atoms with Crippen LogP contribution in [0.4, 0.5) is 0 Å². The van der Waals surface area contributed by atoms with Gasteiger partial charge >= 0.3 is 5.97 Å². The van der Waals surface area contributed by atoms with Crippen LogP contribution in [0, 0.1) is 0 Å². The van der Waals surface area contributed by atoms with Crippen LogP contribution in [-0.4, -0.2) is 35.4 Å². The Labute approximate surface area is 104 Å². The van der Waals surface area contributed by atoms with E-state index < -0.39 is 5.97 Å². The molecular formula is C11H14ClNO4. The molecule has 0 amide bonds. The first-order valence-electron chi connectivity index (χ1n) is 5.18.